The first-order valence-corrected chi connectivity index (χ1v) is 8.77. The molecule has 1 saturated heterocycles. The lowest BCUT2D eigenvalue weighted by molar-refractivity contribution is -0.134. The third kappa shape index (κ3) is 5.25. The van der Waals surface area contributed by atoms with Crippen molar-refractivity contribution in [2.75, 3.05) is 58.7 Å². The van der Waals surface area contributed by atoms with Crippen LogP contribution in [0.4, 0.5) is 5.82 Å². The van der Waals surface area contributed by atoms with Crippen LogP contribution in [-0.2, 0) is 16.1 Å². The molecule has 0 atom stereocenters. The molecule has 0 saturated carbocycles. The molecule has 0 radical (unpaired) electrons. The number of hydrogen-bond donors (Lipinski definition) is 1. The number of likely N-dealkylation sites (N-methyl/N-ethyl adjacent to an activating group) is 1. The van der Waals surface area contributed by atoms with Crippen molar-refractivity contribution in [1.82, 2.24) is 19.7 Å². The van der Waals surface area contributed by atoms with Gasteiger partial charge in [-0.25, -0.2) is 4.98 Å². The Morgan fingerprint density at radius 1 is 1.42 bits per heavy atom. The topological polar surface area (TPSA) is 68.8 Å². The summed E-state index contributed by atoms with van der Waals surface area (Å²) in [6, 6.07) is 1.96. The Kier molecular flexibility index (Phi) is 7.14. The summed E-state index contributed by atoms with van der Waals surface area (Å²) in [5.74, 6) is 0.819. The summed E-state index contributed by atoms with van der Waals surface area (Å²) < 4.78 is 0.868. The Balaban J connectivity index is 2.02. The van der Waals surface area contributed by atoms with E-state index >= 15 is 0 Å². The van der Waals surface area contributed by atoms with E-state index in [9.17, 15) is 9.59 Å². The predicted molar refractivity (Wildman–Crippen MR) is 96.9 cm³/mol. The second-order valence-electron chi connectivity index (χ2n) is 5.93. The zero-order valence-corrected chi connectivity index (χ0v) is 15.8. The van der Waals surface area contributed by atoms with E-state index in [2.05, 4.69) is 38.2 Å². The van der Waals surface area contributed by atoms with E-state index in [4.69, 9.17) is 0 Å². The van der Waals surface area contributed by atoms with Crippen LogP contribution in [0.15, 0.2) is 16.7 Å². The zero-order chi connectivity index (χ0) is 17.5. The molecule has 1 N–H and O–H groups in total. The van der Waals surface area contributed by atoms with Gasteiger partial charge in [-0.1, -0.05) is 0 Å². The maximum atomic E-state index is 12.5. The first-order valence-electron chi connectivity index (χ1n) is 7.98. The average Bonchev–Trinajstić information content (AvgIpc) is 2.56. The fourth-order valence-corrected chi connectivity index (χ4v) is 3.08. The molecule has 7 nitrogen and oxygen atoms in total. The molecule has 1 aliphatic heterocycles. The number of amides is 1. The number of carbonyl (C=O) groups is 2. The summed E-state index contributed by atoms with van der Waals surface area (Å²) >= 11 is 3.42. The van der Waals surface area contributed by atoms with Crippen molar-refractivity contribution in [3.05, 3.63) is 22.3 Å². The van der Waals surface area contributed by atoms with Crippen LogP contribution in [0.1, 0.15) is 5.56 Å². The van der Waals surface area contributed by atoms with Crippen LogP contribution in [0, 0.1) is 0 Å². The maximum Gasteiger partial charge on any atom is 0.236 e. The molecule has 1 aliphatic rings. The van der Waals surface area contributed by atoms with E-state index in [0.717, 1.165) is 48.3 Å². The fourth-order valence-electron chi connectivity index (χ4n) is 2.71. The van der Waals surface area contributed by atoms with Gasteiger partial charge < -0.3 is 19.9 Å². The molecule has 0 unspecified atom stereocenters. The standard InChI is InChI=1S/C16H24BrN5O2/c1-18-16-13(9-14(17)10-19-16)11-21(7-8-23)12-15(24)22-5-3-20(2)4-6-22/h8-10H,3-7,11-12H2,1-2H3,(H,18,19). The van der Waals surface area contributed by atoms with E-state index in [1.807, 2.05) is 15.9 Å². The lowest BCUT2D eigenvalue weighted by atomic mass is 10.2. The summed E-state index contributed by atoms with van der Waals surface area (Å²) in [5.41, 5.74) is 0.944. The van der Waals surface area contributed by atoms with E-state index < -0.39 is 0 Å². The van der Waals surface area contributed by atoms with Crippen molar-refractivity contribution in [3.63, 3.8) is 0 Å². The first-order chi connectivity index (χ1) is 11.5. The van der Waals surface area contributed by atoms with Crippen LogP contribution in [0.5, 0.6) is 0 Å². The molecular weight excluding hydrogens is 374 g/mol. The van der Waals surface area contributed by atoms with Gasteiger partial charge in [-0.05, 0) is 29.0 Å². The highest BCUT2D eigenvalue weighted by molar-refractivity contribution is 9.10. The SMILES string of the molecule is CNc1ncc(Br)cc1CN(CC=O)CC(=O)N1CCN(C)CC1. The molecule has 0 bridgehead atoms. The minimum absolute atomic E-state index is 0.0684. The Morgan fingerprint density at radius 2 is 2.12 bits per heavy atom. The van der Waals surface area contributed by atoms with Gasteiger partial charge in [0.2, 0.25) is 5.91 Å². The molecular formula is C16H24BrN5O2. The summed E-state index contributed by atoms with van der Waals surface area (Å²) in [6.07, 6.45) is 2.55. The van der Waals surface area contributed by atoms with Crippen molar-refractivity contribution >= 4 is 33.9 Å². The lowest BCUT2D eigenvalue weighted by Gasteiger charge is -2.33. The number of rotatable bonds is 7. The Labute approximate surface area is 151 Å². The molecule has 8 heteroatoms. The molecule has 24 heavy (non-hydrogen) atoms. The number of carbonyl (C=O) groups excluding carboxylic acids is 2. The number of piperazine rings is 1. The highest BCUT2D eigenvalue weighted by atomic mass is 79.9. The van der Waals surface area contributed by atoms with Gasteiger partial charge in [0.1, 0.15) is 12.1 Å². The number of aldehydes is 1. The Bertz CT molecular complexity index is 576. The van der Waals surface area contributed by atoms with Gasteiger partial charge in [0.05, 0.1) is 13.1 Å². The molecule has 0 aliphatic carbocycles. The predicted octanol–water partition coefficient (Wildman–Crippen LogP) is 0.661. The molecule has 0 spiro atoms. The molecule has 1 fully saturated rings. The number of pyridine rings is 1. The minimum Gasteiger partial charge on any atom is -0.373 e. The molecule has 1 aromatic heterocycles. The normalized spacial score (nSPS) is 15.6. The third-order valence-electron chi connectivity index (χ3n) is 4.11. The van der Waals surface area contributed by atoms with Crippen LogP contribution in [0.3, 0.4) is 0 Å². The first kappa shape index (κ1) is 18.8. The Hall–Kier alpha value is -1.51. The third-order valence-corrected chi connectivity index (χ3v) is 4.55. The van der Waals surface area contributed by atoms with Gasteiger partial charge in [0.25, 0.3) is 0 Å². The van der Waals surface area contributed by atoms with Crippen molar-refractivity contribution in [3.8, 4) is 0 Å². The van der Waals surface area contributed by atoms with Crippen molar-refractivity contribution in [2.45, 2.75) is 6.54 Å². The average molecular weight is 398 g/mol. The maximum absolute atomic E-state index is 12.5. The molecule has 132 valence electrons. The number of nitrogens with one attached hydrogen (secondary N) is 1. The molecule has 1 amide bonds. The summed E-state index contributed by atoms with van der Waals surface area (Å²) in [5, 5.41) is 3.04. The molecule has 0 aromatic carbocycles. The van der Waals surface area contributed by atoms with Gasteiger partial charge in [-0.3, -0.25) is 9.69 Å². The second kappa shape index (κ2) is 9.10. The smallest absolute Gasteiger partial charge is 0.236 e. The van der Waals surface area contributed by atoms with Gasteiger partial charge in [0, 0.05) is 56.0 Å². The summed E-state index contributed by atoms with van der Waals surface area (Å²) in [7, 11) is 3.86. The Morgan fingerprint density at radius 3 is 2.75 bits per heavy atom. The van der Waals surface area contributed by atoms with E-state index in [1.165, 1.54) is 0 Å². The van der Waals surface area contributed by atoms with Crippen LogP contribution in [-0.4, -0.2) is 85.2 Å². The van der Waals surface area contributed by atoms with Crippen LogP contribution in [0.2, 0.25) is 0 Å². The number of aromatic nitrogens is 1. The molecule has 1 aromatic rings. The largest absolute Gasteiger partial charge is 0.373 e. The number of anilines is 1. The molecule has 2 rings (SSSR count). The van der Waals surface area contributed by atoms with Crippen molar-refractivity contribution in [2.24, 2.45) is 0 Å². The van der Waals surface area contributed by atoms with Crippen molar-refractivity contribution < 1.29 is 9.59 Å². The fraction of sp³-hybridized carbons (Fsp3) is 0.562. The second-order valence-corrected chi connectivity index (χ2v) is 6.85. The number of halogens is 1. The van der Waals surface area contributed by atoms with Gasteiger partial charge in [-0.15, -0.1) is 0 Å². The zero-order valence-electron chi connectivity index (χ0n) is 14.2. The molecule has 2 heterocycles. The van der Waals surface area contributed by atoms with E-state index in [0.29, 0.717) is 6.54 Å². The lowest BCUT2D eigenvalue weighted by Crippen LogP contribution is -2.50. The van der Waals surface area contributed by atoms with Gasteiger partial charge in [0.15, 0.2) is 0 Å². The van der Waals surface area contributed by atoms with Crippen LogP contribution in [0.25, 0.3) is 0 Å². The summed E-state index contributed by atoms with van der Waals surface area (Å²) in [4.78, 5) is 33.8. The van der Waals surface area contributed by atoms with E-state index in [-0.39, 0.29) is 19.0 Å². The summed E-state index contributed by atoms with van der Waals surface area (Å²) in [6.45, 7) is 4.20. The number of nitrogens with zero attached hydrogens (tertiary/aromatic N) is 4. The van der Waals surface area contributed by atoms with Gasteiger partial charge in [-0.2, -0.15) is 0 Å². The monoisotopic (exact) mass is 397 g/mol. The van der Waals surface area contributed by atoms with Crippen molar-refractivity contribution in [1.29, 1.82) is 0 Å². The van der Waals surface area contributed by atoms with Gasteiger partial charge >= 0.3 is 0 Å². The van der Waals surface area contributed by atoms with Crippen LogP contribution >= 0.6 is 15.9 Å². The van der Waals surface area contributed by atoms with Crippen LogP contribution < -0.4 is 5.32 Å². The highest BCUT2D eigenvalue weighted by Crippen LogP contribution is 2.19. The highest BCUT2D eigenvalue weighted by Gasteiger charge is 2.21. The number of hydrogen-bond acceptors (Lipinski definition) is 6. The van der Waals surface area contributed by atoms with E-state index in [1.54, 1.807) is 13.2 Å². The quantitative estimate of drug-likeness (QED) is 0.681. The minimum atomic E-state index is 0.0684.